The maximum Gasteiger partial charge on any atom is 0.414 e. The molecule has 0 aromatic carbocycles. The van der Waals surface area contributed by atoms with Gasteiger partial charge >= 0.3 is 17.4 Å². The first-order valence-corrected chi connectivity index (χ1v) is 6.38. The number of hydrogen-bond donors (Lipinski definition) is 2. The van der Waals surface area contributed by atoms with Crippen molar-refractivity contribution in [3.8, 4) is 0 Å². The van der Waals surface area contributed by atoms with Gasteiger partial charge in [0.15, 0.2) is 0 Å². The van der Waals surface area contributed by atoms with Crippen molar-refractivity contribution < 1.29 is 14.6 Å². The van der Waals surface area contributed by atoms with Gasteiger partial charge in [-0.05, 0) is 25.0 Å². The monoisotopic (exact) mass is 278 g/mol. The molecule has 1 saturated heterocycles. The number of fused-ring (bicyclic) bond motifs is 1. The van der Waals surface area contributed by atoms with E-state index < -0.39 is 6.09 Å². The minimum Gasteiger partial charge on any atom is -0.711 e. The lowest BCUT2D eigenvalue weighted by atomic mass is 10.1. The highest BCUT2D eigenvalue weighted by molar-refractivity contribution is 5.67. The second-order valence-electron chi connectivity index (χ2n) is 4.87. The smallest absolute Gasteiger partial charge is 0.414 e. The van der Waals surface area contributed by atoms with E-state index in [2.05, 4.69) is 4.98 Å². The molecule has 1 amide bonds. The fourth-order valence-corrected chi connectivity index (χ4v) is 2.74. The molecule has 0 aliphatic carbocycles. The Hall–Kier alpha value is -2.51. The van der Waals surface area contributed by atoms with Crippen molar-refractivity contribution >= 4 is 17.3 Å². The van der Waals surface area contributed by atoms with E-state index in [9.17, 15) is 14.8 Å². The number of imidazole rings is 1. The van der Waals surface area contributed by atoms with Gasteiger partial charge in [-0.25, -0.2) is 14.3 Å². The van der Waals surface area contributed by atoms with Gasteiger partial charge in [-0.1, -0.05) is 0 Å². The zero-order valence-corrected chi connectivity index (χ0v) is 10.7. The third-order valence-corrected chi connectivity index (χ3v) is 3.74. The van der Waals surface area contributed by atoms with Gasteiger partial charge in [0.1, 0.15) is 5.52 Å². The Balaban J connectivity index is 1.96. The summed E-state index contributed by atoms with van der Waals surface area (Å²) >= 11 is 0. The first-order valence-electron chi connectivity index (χ1n) is 6.38. The molecule has 2 aromatic heterocycles. The lowest BCUT2D eigenvalue weighted by Gasteiger charge is -2.30. The molecule has 0 unspecified atom stereocenters. The summed E-state index contributed by atoms with van der Waals surface area (Å²) in [4.78, 5) is 26.8. The molecule has 0 radical (unpaired) electrons. The first-order chi connectivity index (χ1) is 9.58. The van der Waals surface area contributed by atoms with Crippen molar-refractivity contribution in [2.24, 2.45) is 0 Å². The summed E-state index contributed by atoms with van der Waals surface area (Å²) < 4.78 is 2.18. The zero-order valence-electron chi connectivity index (χ0n) is 10.7. The number of carboxylic acid groups (broad SMARTS) is 1. The number of likely N-dealkylation sites (tertiary alicyclic amines) is 1. The lowest BCUT2D eigenvalue weighted by Crippen LogP contribution is -2.39. The molecule has 2 aromatic rings. The molecular weight excluding hydrogens is 264 g/mol. The molecule has 1 aliphatic rings. The second-order valence-corrected chi connectivity index (χ2v) is 4.87. The average molecular weight is 278 g/mol. The Morgan fingerprint density at radius 2 is 2.15 bits per heavy atom. The van der Waals surface area contributed by atoms with Gasteiger partial charge in [0.25, 0.3) is 0 Å². The predicted octanol–water partition coefficient (Wildman–Crippen LogP) is 0.278. The Morgan fingerprint density at radius 1 is 1.45 bits per heavy atom. The van der Waals surface area contributed by atoms with Crippen LogP contribution >= 0.6 is 0 Å². The molecule has 3 heterocycles. The van der Waals surface area contributed by atoms with E-state index in [1.807, 2.05) is 0 Å². The van der Waals surface area contributed by atoms with E-state index in [-0.39, 0.29) is 17.4 Å². The number of hydrogen-bond acceptors (Lipinski definition) is 3. The summed E-state index contributed by atoms with van der Waals surface area (Å²) in [5.41, 5.74) is 0.462. The van der Waals surface area contributed by atoms with E-state index in [0.29, 0.717) is 36.2 Å². The molecule has 2 N–H and O–H groups in total. The summed E-state index contributed by atoms with van der Waals surface area (Å²) in [6.45, 7) is 0.784. The number of aromatic nitrogens is 3. The summed E-state index contributed by atoms with van der Waals surface area (Å²) in [5, 5.41) is 20.5. The van der Waals surface area contributed by atoms with Crippen LogP contribution in [0.4, 0.5) is 4.79 Å². The van der Waals surface area contributed by atoms with Crippen LogP contribution in [-0.4, -0.2) is 38.7 Å². The number of carbonyl (C=O) groups is 1. The molecule has 0 atom stereocenters. The van der Waals surface area contributed by atoms with Crippen molar-refractivity contribution in [3.05, 3.63) is 34.0 Å². The van der Waals surface area contributed by atoms with Crippen LogP contribution < -0.4 is 10.4 Å². The second kappa shape index (κ2) is 4.55. The van der Waals surface area contributed by atoms with Crippen molar-refractivity contribution in [1.82, 2.24) is 14.5 Å². The quantitative estimate of drug-likeness (QED) is 0.577. The van der Waals surface area contributed by atoms with Gasteiger partial charge in [0, 0.05) is 19.1 Å². The number of nitrogens with zero attached hydrogens (tertiary/aromatic N) is 3. The summed E-state index contributed by atoms with van der Waals surface area (Å²) in [5.74, 6) is 0. The Bertz CT molecular complexity index is 712. The predicted molar refractivity (Wildman–Crippen MR) is 69.4 cm³/mol. The summed E-state index contributed by atoms with van der Waals surface area (Å²) in [7, 11) is 0. The molecule has 20 heavy (non-hydrogen) atoms. The number of amides is 1. The van der Waals surface area contributed by atoms with Crippen LogP contribution in [0, 0.1) is 5.21 Å². The zero-order chi connectivity index (χ0) is 14.3. The number of rotatable bonds is 1. The highest BCUT2D eigenvalue weighted by Crippen LogP contribution is 2.23. The molecule has 8 heteroatoms. The van der Waals surface area contributed by atoms with Gasteiger partial charge in [0.05, 0.1) is 6.20 Å². The maximum absolute atomic E-state index is 12.0. The van der Waals surface area contributed by atoms with Crippen LogP contribution in [0.2, 0.25) is 0 Å². The molecule has 0 saturated carbocycles. The van der Waals surface area contributed by atoms with Crippen LogP contribution in [0.5, 0.6) is 0 Å². The van der Waals surface area contributed by atoms with Crippen molar-refractivity contribution in [2.45, 2.75) is 18.9 Å². The summed E-state index contributed by atoms with van der Waals surface area (Å²) in [6.07, 6.45) is 1.52. The highest BCUT2D eigenvalue weighted by Gasteiger charge is 2.27. The highest BCUT2D eigenvalue weighted by atomic mass is 16.5. The summed E-state index contributed by atoms with van der Waals surface area (Å²) in [6, 6.07) is 3.21. The van der Waals surface area contributed by atoms with Gasteiger partial charge in [-0.2, -0.15) is 4.98 Å². The van der Waals surface area contributed by atoms with Crippen LogP contribution in [-0.2, 0) is 0 Å². The van der Waals surface area contributed by atoms with Crippen LogP contribution in [0.3, 0.4) is 0 Å². The standard InChI is InChI=1S/C12H14N4O4/c17-11-13-10-9(2-1-5-15(10)20)16(11)8-3-6-14(7-4-8)12(18)19/h1-2,5,8H,3-4,6-7H2,(H,13,17)(H,18,19). The van der Waals surface area contributed by atoms with Gasteiger partial charge < -0.3 is 15.2 Å². The molecular formula is C12H14N4O4. The van der Waals surface area contributed by atoms with E-state index in [1.165, 1.54) is 11.1 Å². The lowest BCUT2D eigenvalue weighted by molar-refractivity contribution is -0.579. The minimum atomic E-state index is -0.938. The van der Waals surface area contributed by atoms with E-state index >= 15 is 0 Å². The number of nitrogens with one attached hydrogen (secondary N) is 1. The van der Waals surface area contributed by atoms with Crippen molar-refractivity contribution in [3.63, 3.8) is 0 Å². The number of aromatic amines is 1. The van der Waals surface area contributed by atoms with Gasteiger partial charge in [-0.3, -0.25) is 4.57 Å². The van der Waals surface area contributed by atoms with E-state index in [0.717, 1.165) is 0 Å². The Morgan fingerprint density at radius 3 is 2.80 bits per heavy atom. The largest absolute Gasteiger partial charge is 0.711 e. The average Bonchev–Trinajstić information content (AvgIpc) is 2.77. The topological polar surface area (TPSA) is 105 Å². The molecule has 1 fully saturated rings. The molecule has 106 valence electrons. The normalized spacial score (nSPS) is 16.7. The van der Waals surface area contributed by atoms with Gasteiger partial charge in [-0.15, -0.1) is 0 Å². The minimum absolute atomic E-state index is 0.0887. The maximum atomic E-state index is 12.0. The SMILES string of the molecule is O=C(O)N1CCC(n2c(=O)[nH]c3c2ccc[n+]3[O-])CC1. The number of piperidine rings is 1. The molecule has 8 nitrogen and oxygen atoms in total. The molecule has 0 spiro atoms. The molecule has 0 bridgehead atoms. The van der Waals surface area contributed by atoms with Crippen LogP contribution in [0.15, 0.2) is 23.1 Å². The Kier molecular flexibility index (Phi) is 2.85. The first kappa shape index (κ1) is 12.5. The van der Waals surface area contributed by atoms with Crippen molar-refractivity contribution in [2.75, 3.05) is 13.1 Å². The fourth-order valence-electron chi connectivity index (χ4n) is 2.74. The van der Waals surface area contributed by atoms with Crippen molar-refractivity contribution in [1.29, 1.82) is 0 Å². The van der Waals surface area contributed by atoms with E-state index in [4.69, 9.17) is 5.11 Å². The number of pyridine rings is 1. The third-order valence-electron chi connectivity index (χ3n) is 3.74. The van der Waals surface area contributed by atoms with E-state index in [1.54, 1.807) is 16.7 Å². The molecule has 3 rings (SSSR count). The number of H-pyrrole nitrogens is 1. The fraction of sp³-hybridized carbons (Fsp3) is 0.417. The Labute approximate surface area is 113 Å². The van der Waals surface area contributed by atoms with Crippen LogP contribution in [0.25, 0.3) is 11.2 Å². The van der Waals surface area contributed by atoms with Gasteiger partial charge in [0.2, 0.25) is 0 Å². The van der Waals surface area contributed by atoms with Crippen LogP contribution in [0.1, 0.15) is 18.9 Å². The molecule has 1 aliphatic heterocycles. The third kappa shape index (κ3) is 1.89.